The second-order valence-corrected chi connectivity index (χ2v) is 4.89. The summed E-state index contributed by atoms with van der Waals surface area (Å²) < 4.78 is 0. The van der Waals surface area contributed by atoms with E-state index in [1.165, 1.54) is 0 Å². The lowest BCUT2D eigenvalue weighted by molar-refractivity contribution is 0.0546. The molecular formula is C13H16ClNO2. The molecule has 0 radical (unpaired) electrons. The number of aryl methyl sites for hydroxylation is 1. The van der Waals surface area contributed by atoms with Gasteiger partial charge < -0.3 is 10.0 Å². The molecule has 4 heteroatoms. The topological polar surface area (TPSA) is 40.5 Å². The number of benzene rings is 1. The number of carbonyl (C=O) groups excluding carboxylic acids is 1. The van der Waals surface area contributed by atoms with Crippen molar-refractivity contribution < 1.29 is 9.90 Å². The van der Waals surface area contributed by atoms with Crippen molar-refractivity contribution >= 4 is 17.5 Å². The van der Waals surface area contributed by atoms with Crippen LogP contribution in [0.25, 0.3) is 0 Å². The first-order valence-corrected chi connectivity index (χ1v) is 6.19. The number of aliphatic hydroxyl groups is 1. The Labute approximate surface area is 106 Å². The first-order valence-electron chi connectivity index (χ1n) is 5.81. The van der Waals surface area contributed by atoms with Gasteiger partial charge in [-0.15, -0.1) is 0 Å². The highest BCUT2D eigenvalue weighted by Crippen LogP contribution is 2.19. The highest BCUT2D eigenvalue weighted by atomic mass is 35.5. The second-order valence-electron chi connectivity index (χ2n) is 4.49. The SMILES string of the molecule is Cc1cc(C(=O)N2CCC(O)CC2)ccc1Cl. The minimum absolute atomic E-state index is 0.0247. The van der Waals surface area contributed by atoms with Crippen molar-refractivity contribution in [3.05, 3.63) is 34.3 Å². The largest absolute Gasteiger partial charge is 0.393 e. The molecule has 0 spiro atoms. The van der Waals surface area contributed by atoms with Crippen molar-refractivity contribution in [3.63, 3.8) is 0 Å². The van der Waals surface area contributed by atoms with Crippen LogP contribution in [0.1, 0.15) is 28.8 Å². The van der Waals surface area contributed by atoms with Crippen LogP contribution in [0.2, 0.25) is 5.02 Å². The molecule has 1 aromatic rings. The van der Waals surface area contributed by atoms with Crippen molar-refractivity contribution in [2.75, 3.05) is 13.1 Å². The van der Waals surface area contributed by atoms with Gasteiger partial charge in [-0.3, -0.25) is 4.79 Å². The van der Waals surface area contributed by atoms with E-state index in [0.717, 1.165) is 5.56 Å². The summed E-state index contributed by atoms with van der Waals surface area (Å²) in [7, 11) is 0. The summed E-state index contributed by atoms with van der Waals surface area (Å²) in [5, 5.41) is 10.1. The third-order valence-electron chi connectivity index (χ3n) is 3.16. The van der Waals surface area contributed by atoms with Crippen molar-refractivity contribution in [1.29, 1.82) is 0 Å². The molecule has 1 aromatic carbocycles. The molecule has 92 valence electrons. The molecule has 1 saturated heterocycles. The Hall–Kier alpha value is -1.06. The summed E-state index contributed by atoms with van der Waals surface area (Å²) in [6, 6.07) is 5.32. The van der Waals surface area contributed by atoms with E-state index in [9.17, 15) is 9.90 Å². The van der Waals surface area contributed by atoms with Crippen molar-refractivity contribution in [1.82, 2.24) is 4.90 Å². The summed E-state index contributed by atoms with van der Waals surface area (Å²) in [5.41, 5.74) is 1.58. The molecule has 0 bridgehead atoms. The van der Waals surface area contributed by atoms with Crippen molar-refractivity contribution in [2.24, 2.45) is 0 Å². The quantitative estimate of drug-likeness (QED) is 0.834. The number of likely N-dealkylation sites (tertiary alicyclic amines) is 1. The molecule has 1 amide bonds. The van der Waals surface area contributed by atoms with E-state index < -0.39 is 0 Å². The van der Waals surface area contributed by atoms with Gasteiger partial charge in [-0.25, -0.2) is 0 Å². The highest BCUT2D eigenvalue weighted by molar-refractivity contribution is 6.31. The van der Waals surface area contributed by atoms with Gasteiger partial charge in [0.25, 0.3) is 5.91 Å². The Morgan fingerprint density at radius 2 is 2.06 bits per heavy atom. The van der Waals surface area contributed by atoms with Gasteiger partial charge in [0.2, 0.25) is 0 Å². The Bertz CT molecular complexity index is 425. The summed E-state index contributed by atoms with van der Waals surface area (Å²) in [6.07, 6.45) is 1.07. The number of amides is 1. The lowest BCUT2D eigenvalue weighted by Crippen LogP contribution is -2.40. The fraction of sp³-hybridized carbons (Fsp3) is 0.462. The van der Waals surface area contributed by atoms with Crippen LogP contribution in [0, 0.1) is 6.92 Å². The lowest BCUT2D eigenvalue weighted by Gasteiger charge is -2.29. The fourth-order valence-electron chi connectivity index (χ4n) is 2.03. The molecule has 0 saturated carbocycles. The minimum Gasteiger partial charge on any atom is -0.393 e. The zero-order valence-electron chi connectivity index (χ0n) is 9.82. The smallest absolute Gasteiger partial charge is 0.253 e. The van der Waals surface area contributed by atoms with Crippen LogP contribution in [0.4, 0.5) is 0 Å². The molecule has 1 aliphatic heterocycles. The number of carbonyl (C=O) groups is 1. The van der Waals surface area contributed by atoms with Crippen LogP contribution < -0.4 is 0 Å². The van der Waals surface area contributed by atoms with Gasteiger partial charge in [0.15, 0.2) is 0 Å². The lowest BCUT2D eigenvalue weighted by atomic mass is 10.1. The van der Waals surface area contributed by atoms with Gasteiger partial charge in [0.05, 0.1) is 6.10 Å². The van der Waals surface area contributed by atoms with Crippen molar-refractivity contribution in [3.8, 4) is 0 Å². The average molecular weight is 254 g/mol. The molecule has 1 aliphatic rings. The van der Waals surface area contributed by atoms with E-state index in [1.54, 1.807) is 17.0 Å². The number of piperidine rings is 1. The molecule has 17 heavy (non-hydrogen) atoms. The molecule has 3 nitrogen and oxygen atoms in total. The summed E-state index contributed by atoms with van der Waals surface area (Å²) in [6.45, 7) is 3.14. The Kier molecular flexibility index (Phi) is 3.69. The Morgan fingerprint density at radius 3 is 2.65 bits per heavy atom. The third-order valence-corrected chi connectivity index (χ3v) is 3.58. The average Bonchev–Trinajstić information content (AvgIpc) is 2.33. The predicted octanol–water partition coefficient (Wildman–Crippen LogP) is 2.25. The van der Waals surface area contributed by atoms with Crippen molar-refractivity contribution in [2.45, 2.75) is 25.9 Å². The molecule has 0 unspecified atom stereocenters. The number of aliphatic hydroxyl groups excluding tert-OH is 1. The maximum atomic E-state index is 12.2. The molecule has 2 rings (SSSR count). The minimum atomic E-state index is -0.258. The molecule has 0 aliphatic carbocycles. The zero-order chi connectivity index (χ0) is 12.4. The van der Waals surface area contributed by atoms with E-state index in [4.69, 9.17) is 11.6 Å². The van der Waals surface area contributed by atoms with Gasteiger partial charge in [0.1, 0.15) is 0 Å². The van der Waals surface area contributed by atoms with Gasteiger partial charge in [-0.2, -0.15) is 0 Å². The molecule has 1 fully saturated rings. The first-order chi connectivity index (χ1) is 8.08. The maximum absolute atomic E-state index is 12.2. The standard InChI is InChI=1S/C13H16ClNO2/c1-9-8-10(2-3-12(9)14)13(17)15-6-4-11(16)5-7-15/h2-3,8,11,16H,4-7H2,1H3. The maximum Gasteiger partial charge on any atom is 0.253 e. The number of rotatable bonds is 1. The zero-order valence-corrected chi connectivity index (χ0v) is 10.6. The Morgan fingerprint density at radius 1 is 1.41 bits per heavy atom. The summed E-state index contributed by atoms with van der Waals surface area (Å²) in [4.78, 5) is 14.0. The molecule has 1 heterocycles. The predicted molar refractivity (Wildman–Crippen MR) is 67.3 cm³/mol. The fourth-order valence-corrected chi connectivity index (χ4v) is 2.15. The molecule has 0 aromatic heterocycles. The van der Waals surface area contributed by atoms with Crippen LogP contribution in [0.3, 0.4) is 0 Å². The molecule has 1 N–H and O–H groups in total. The number of nitrogens with zero attached hydrogens (tertiary/aromatic N) is 1. The second kappa shape index (κ2) is 5.07. The highest BCUT2D eigenvalue weighted by Gasteiger charge is 2.22. The van der Waals surface area contributed by atoms with E-state index in [-0.39, 0.29) is 12.0 Å². The molecular weight excluding hydrogens is 238 g/mol. The van der Waals surface area contributed by atoms with Crippen LogP contribution in [-0.2, 0) is 0 Å². The normalized spacial score (nSPS) is 17.2. The van der Waals surface area contributed by atoms with Crippen LogP contribution in [-0.4, -0.2) is 35.1 Å². The van der Waals surface area contributed by atoms with Gasteiger partial charge in [0, 0.05) is 23.7 Å². The van der Waals surface area contributed by atoms with Crippen LogP contribution in [0.5, 0.6) is 0 Å². The summed E-state index contributed by atoms with van der Waals surface area (Å²) >= 11 is 5.93. The van der Waals surface area contributed by atoms with E-state index in [2.05, 4.69) is 0 Å². The number of halogens is 1. The first kappa shape index (κ1) is 12.4. The third kappa shape index (κ3) is 2.79. The van der Waals surface area contributed by atoms with Gasteiger partial charge in [-0.05, 0) is 43.5 Å². The number of hydrogen-bond donors (Lipinski definition) is 1. The summed E-state index contributed by atoms with van der Waals surface area (Å²) in [5.74, 6) is 0.0247. The van der Waals surface area contributed by atoms with E-state index >= 15 is 0 Å². The van der Waals surface area contributed by atoms with E-state index in [1.807, 2.05) is 13.0 Å². The van der Waals surface area contributed by atoms with Crippen LogP contribution in [0.15, 0.2) is 18.2 Å². The monoisotopic (exact) mass is 253 g/mol. The number of hydrogen-bond acceptors (Lipinski definition) is 2. The van der Waals surface area contributed by atoms with Gasteiger partial charge in [-0.1, -0.05) is 11.6 Å². The Balaban J connectivity index is 2.11. The van der Waals surface area contributed by atoms with Crippen LogP contribution >= 0.6 is 11.6 Å². The van der Waals surface area contributed by atoms with Gasteiger partial charge >= 0.3 is 0 Å². The molecule has 0 atom stereocenters. The van der Waals surface area contributed by atoms with E-state index in [0.29, 0.717) is 36.5 Å².